The van der Waals surface area contributed by atoms with Crippen LogP contribution in [0.3, 0.4) is 0 Å². The van der Waals surface area contributed by atoms with Gasteiger partial charge >= 0.3 is 5.97 Å². The third kappa shape index (κ3) is 2.81. The predicted octanol–water partition coefficient (Wildman–Crippen LogP) is 3.85. The number of nitrogens with zero attached hydrogens (tertiary/aromatic N) is 2. The van der Waals surface area contributed by atoms with Crippen LogP contribution < -0.4 is 0 Å². The topological polar surface area (TPSA) is 70.0 Å². The quantitative estimate of drug-likeness (QED) is 0.888. The van der Waals surface area contributed by atoms with Gasteiger partial charge in [-0.25, -0.2) is 4.99 Å². The fourth-order valence-corrected chi connectivity index (χ4v) is 4.48. The first kappa shape index (κ1) is 16.2. The highest BCUT2D eigenvalue weighted by molar-refractivity contribution is 8.15. The Hall–Kier alpha value is -2.31. The molecule has 25 heavy (non-hydrogen) atoms. The molecular weight excluding hydrogens is 360 g/mol. The van der Waals surface area contributed by atoms with Crippen molar-refractivity contribution in [2.24, 2.45) is 4.99 Å². The Balaban J connectivity index is 1.85. The zero-order valence-corrected chi connectivity index (χ0v) is 14.5. The van der Waals surface area contributed by atoms with Gasteiger partial charge in [-0.3, -0.25) is 14.5 Å². The third-order valence-corrected chi connectivity index (χ3v) is 5.59. The van der Waals surface area contributed by atoms with E-state index in [9.17, 15) is 9.59 Å². The Morgan fingerprint density at radius 1 is 1.24 bits per heavy atom. The van der Waals surface area contributed by atoms with Gasteiger partial charge in [0.15, 0.2) is 5.17 Å². The Bertz CT molecular complexity index is 900. The average molecular weight is 373 g/mol. The van der Waals surface area contributed by atoms with Crippen molar-refractivity contribution in [3.05, 3.63) is 64.7 Å². The highest BCUT2D eigenvalue weighted by Gasteiger charge is 2.46. The first-order chi connectivity index (χ1) is 12.0. The summed E-state index contributed by atoms with van der Waals surface area (Å²) in [6.07, 6.45) is -0.225. The molecule has 2 aromatic rings. The molecule has 1 fully saturated rings. The monoisotopic (exact) mass is 372 g/mol. The largest absolute Gasteiger partial charge is 0.481 e. The van der Waals surface area contributed by atoms with Gasteiger partial charge in [0.05, 0.1) is 18.2 Å². The van der Waals surface area contributed by atoms with Crippen LogP contribution in [0.1, 0.15) is 23.6 Å². The number of halogens is 1. The molecule has 2 aliphatic heterocycles. The molecule has 0 radical (unpaired) electrons. The fraction of sp³-hybridized carbons (Fsp3) is 0.167. The average Bonchev–Trinajstić information content (AvgIpc) is 2.89. The molecule has 2 atom stereocenters. The maximum absolute atomic E-state index is 12.9. The SMILES string of the molecule is O=C(O)C[C@H]1SC2=Nc3ccc(Cl)cc3[C@@H](c3ccccc3)N2C1=O. The van der Waals surface area contributed by atoms with Gasteiger partial charge in [-0.05, 0) is 23.8 Å². The number of thioether (sulfide) groups is 1. The molecule has 0 aliphatic carbocycles. The van der Waals surface area contributed by atoms with Crippen LogP contribution >= 0.6 is 23.4 Å². The summed E-state index contributed by atoms with van der Waals surface area (Å²) >= 11 is 7.38. The van der Waals surface area contributed by atoms with Crippen LogP contribution in [0.25, 0.3) is 0 Å². The van der Waals surface area contributed by atoms with Crippen molar-refractivity contribution in [2.75, 3.05) is 0 Å². The number of benzene rings is 2. The minimum atomic E-state index is -0.997. The van der Waals surface area contributed by atoms with Crippen molar-refractivity contribution in [3.8, 4) is 0 Å². The van der Waals surface area contributed by atoms with Gasteiger partial charge in [0.25, 0.3) is 0 Å². The first-order valence-corrected chi connectivity index (χ1v) is 8.95. The molecule has 126 valence electrons. The van der Waals surface area contributed by atoms with Crippen LogP contribution in [-0.2, 0) is 9.59 Å². The molecule has 2 aliphatic rings. The maximum atomic E-state index is 12.9. The van der Waals surface area contributed by atoms with Crippen LogP contribution in [0.4, 0.5) is 5.69 Å². The molecule has 2 aromatic carbocycles. The number of carboxylic acid groups (broad SMARTS) is 1. The van der Waals surface area contributed by atoms with Gasteiger partial charge < -0.3 is 5.11 Å². The molecule has 1 amide bonds. The normalized spacial score (nSPS) is 21.6. The van der Waals surface area contributed by atoms with Crippen molar-refractivity contribution in [1.82, 2.24) is 4.90 Å². The predicted molar refractivity (Wildman–Crippen MR) is 97.3 cm³/mol. The summed E-state index contributed by atoms with van der Waals surface area (Å²) in [7, 11) is 0. The summed E-state index contributed by atoms with van der Waals surface area (Å²) in [5, 5.41) is 9.53. The first-order valence-electron chi connectivity index (χ1n) is 7.69. The molecule has 0 aromatic heterocycles. The zero-order chi connectivity index (χ0) is 17.6. The van der Waals surface area contributed by atoms with E-state index in [4.69, 9.17) is 16.7 Å². The minimum absolute atomic E-state index is 0.225. The zero-order valence-electron chi connectivity index (χ0n) is 12.9. The number of hydrogen-bond donors (Lipinski definition) is 1. The highest BCUT2D eigenvalue weighted by atomic mass is 35.5. The van der Waals surface area contributed by atoms with E-state index in [1.54, 1.807) is 11.0 Å². The van der Waals surface area contributed by atoms with Crippen LogP contribution in [-0.4, -0.2) is 32.3 Å². The smallest absolute Gasteiger partial charge is 0.305 e. The van der Waals surface area contributed by atoms with Gasteiger partial charge in [-0.1, -0.05) is 53.7 Å². The summed E-state index contributed by atoms with van der Waals surface area (Å²) in [5.41, 5.74) is 2.52. The molecule has 0 spiro atoms. The van der Waals surface area contributed by atoms with Crippen LogP contribution in [0.2, 0.25) is 5.02 Å². The molecule has 0 unspecified atom stereocenters. The third-order valence-electron chi connectivity index (χ3n) is 4.20. The van der Waals surface area contributed by atoms with Crippen molar-refractivity contribution < 1.29 is 14.7 Å². The summed E-state index contributed by atoms with van der Waals surface area (Å²) in [6, 6.07) is 14.7. The summed E-state index contributed by atoms with van der Waals surface area (Å²) in [5.74, 6) is -1.23. The van der Waals surface area contributed by atoms with Gasteiger partial charge in [-0.15, -0.1) is 0 Å². The number of aliphatic carboxylic acids is 1. The van der Waals surface area contributed by atoms with Crippen LogP contribution in [0, 0.1) is 0 Å². The second-order valence-corrected chi connectivity index (χ2v) is 7.43. The lowest BCUT2D eigenvalue weighted by atomic mass is 9.94. The van der Waals surface area contributed by atoms with E-state index < -0.39 is 11.2 Å². The number of amides is 1. The lowest BCUT2D eigenvalue weighted by Crippen LogP contribution is -2.38. The molecule has 0 saturated carbocycles. The van der Waals surface area contributed by atoms with E-state index in [1.165, 1.54) is 11.8 Å². The number of hydrogen-bond acceptors (Lipinski definition) is 4. The van der Waals surface area contributed by atoms with Gasteiger partial charge in [0, 0.05) is 10.6 Å². The molecule has 5 nitrogen and oxygen atoms in total. The summed E-state index contributed by atoms with van der Waals surface area (Å²) in [6.45, 7) is 0. The Morgan fingerprint density at radius 2 is 2.00 bits per heavy atom. The van der Waals surface area contributed by atoms with E-state index in [0.29, 0.717) is 10.2 Å². The van der Waals surface area contributed by atoms with Gasteiger partial charge in [0.2, 0.25) is 5.91 Å². The van der Waals surface area contributed by atoms with Crippen molar-refractivity contribution in [3.63, 3.8) is 0 Å². The molecule has 0 bridgehead atoms. The maximum Gasteiger partial charge on any atom is 0.305 e. The lowest BCUT2D eigenvalue weighted by molar-refractivity contribution is -0.139. The summed E-state index contributed by atoms with van der Waals surface area (Å²) in [4.78, 5) is 30.1. The number of aliphatic imine (C=N–C) groups is 1. The van der Waals surface area contributed by atoms with Crippen molar-refractivity contribution >= 4 is 46.1 Å². The molecule has 2 heterocycles. The number of carbonyl (C=O) groups is 2. The number of carboxylic acids is 1. The highest BCUT2D eigenvalue weighted by Crippen LogP contribution is 2.46. The van der Waals surface area contributed by atoms with Crippen molar-refractivity contribution in [1.29, 1.82) is 0 Å². The number of rotatable bonds is 3. The molecule has 1 saturated heterocycles. The molecule has 1 N–H and O–H groups in total. The molecule has 4 rings (SSSR count). The molecular formula is C18H13ClN2O3S. The number of amidine groups is 1. The lowest BCUT2D eigenvalue weighted by Gasteiger charge is -2.32. The van der Waals surface area contributed by atoms with E-state index >= 15 is 0 Å². The van der Waals surface area contributed by atoms with E-state index in [2.05, 4.69) is 4.99 Å². The standard InChI is InChI=1S/C18H13ClN2O3S/c19-11-6-7-13-12(8-11)16(10-4-2-1-3-5-10)21-17(24)14(9-15(22)23)25-18(21)20-13/h1-8,14,16H,9H2,(H,22,23)/t14-,16-/m1/s1. The second kappa shape index (κ2) is 6.20. The second-order valence-electron chi connectivity index (χ2n) is 5.82. The van der Waals surface area contributed by atoms with E-state index in [-0.39, 0.29) is 18.4 Å². The van der Waals surface area contributed by atoms with Crippen molar-refractivity contribution in [2.45, 2.75) is 17.7 Å². The Kier molecular flexibility index (Phi) is 4.01. The van der Waals surface area contributed by atoms with Gasteiger partial charge in [-0.2, -0.15) is 0 Å². The Morgan fingerprint density at radius 3 is 2.72 bits per heavy atom. The van der Waals surface area contributed by atoms with Crippen LogP contribution in [0.15, 0.2) is 53.5 Å². The summed E-state index contributed by atoms with van der Waals surface area (Å²) < 4.78 is 0. The van der Waals surface area contributed by atoms with E-state index in [1.807, 2.05) is 42.5 Å². The number of carbonyl (C=O) groups excluding carboxylic acids is 1. The van der Waals surface area contributed by atoms with E-state index in [0.717, 1.165) is 16.8 Å². The van der Waals surface area contributed by atoms with Crippen LogP contribution in [0.5, 0.6) is 0 Å². The molecule has 7 heteroatoms. The van der Waals surface area contributed by atoms with Gasteiger partial charge in [0.1, 0.15) is 5.25 Å². The fourth-order valence-electron chi connectivity index (χ4n) is 3.14. The number of fused-ring (bicyclic) bond motifs is 2. The Labute approximate surface area is 153 Å². The minimum Gasteiger partial charge on any atom is -0.481 e.